The van der Waals surface area contributed by atoms with Gasteiger partial charge in [-0.3, -0.25) is 14.5 Å². The minimum atomic E-state index is -1.13. The van der Waals surface area contributed by atoms with E-state index in [1.807, 2.05) is 24.1 Å². The Morgan fingerprint density at radius 3 is 2.29 bits per heavy atom. The summed E-state index contributed by atoms with van der Waals surface area (Å²) < 4.78 is 0. The highest BCUT2D eigenvalue weighted by atomic mass is 35.5. The molecule has 0 spiro atoms. The van der Waals surface area contributed by atoms with Crippen molar-refractivity contribution in [1.29, 1.82) is 0 Å². The molecule has 1 amide bonds. The van der Waals surface area contributed by atoms with Crippen molar-refractivity contribution in [2.45, 2.75) is 37.7 Å². The quantitative estimate of drug-likeness (QED) is 0.407. The van der Waals surface area contributed by atoms with Crippen LogP contribution in [0.2, 0.25) is 5.02 Å². The molecule has 0 heterocycles. The molecule has 0 saturated heterocycles. The standard InChI is InChI=1S/C17H24Cl2N2O3/c1-4-5-15(19)21(3)14(12-6-8-13(18)9-7-12)11-20(2)16(22)10-17(23)24/h6-9,14-15H,4-5,10-11H2,1-3H3,(H,23,24). The van der Waals surface area contributed by atoms with Gasteiger partial charge in [-0.2, -0.15) is 0 Å². The summed E-state index contributed by atoms with van der Waals surface area (Å²) in [6.07, 6.45) is 1.24. The zero-order valence-corrected chi connectivity index (χ0v) is 15.7. The maximum atomic E-state index is 12.0. The SMILES string of the molecule is CCCC(Cl)N(C)C(CN(C)C(=O)CC(=O)O)c1ccc(Cl)cc1. The molecule has 0 aliphatic heterocycles. The number of alkyl halides is 1. The first-order valence-electron chi connectivity index (χ1n) is 7.83. The average molecular weight is 375 g/mol. The van der Waals surface area contributed by atoms with E-state index in [4.69, 9.17) is 28.3 Å². The first kappa shape index (κ1) is 20.7. The monoisotopic (exact) mass is 374 g/mol. The molecule has 0 bridgehead atoms. The van der Waals surface area contributed by atoms with Gasteiger partial charge in [-0.1, -0.05) is 37.1 Å². The van der Waals surface area contributed by atoms with Gasteiger partial charge in [-0.05, 0) is 31.2 Å². The van der Waals surface area contributed by atoms with Crippen LogP contribution in [0.4, 0.5) is 0 Å². The summed E-state index contributed by atoms with van der Waals surface area (Å²) in [5, 5.41) is 9.42. The van der Waals surface area contributed by atoms with Gasteiger partial charge in [0.15, 0.2) is 0 Å². The summed E-state index contributed by atoms with van der Waals surface area (Å²) in [5.41, 5.74) is 0.789. The number of carbonyl (C=O) groups excluding carboxylic acids is 1. The lowest BCUT2D eigenvalue weighted by molar-refractivity contribution is -0.144. The van der Waals surface area contributed by atoms with Gasteiger partial charge in [0.25, 0.3) is 0 Å². The van der Waals surface area contributed by atoms with Crippen LogP contribution >= 0.6 is 23.2 Å². The van der Waals surface area contributed by atoms with Crippen molar-refractivity contribution in [3.63, 3.8) is 0 Å². The Balaban J connectivity index is 2.98. The van der Waals surface area contributed by atoms with Gasteiger partial charge in [0.1, 0.15) is 6.42 Å². The van der Waals surface area contributed by atoms with Gasteiger partial charge >= 0.3 is 5.97 Å². The lowest BCUT2D eigenvalue weighted by Crippen LogP contribution is -2.40. The van der Waals surface area contributed by atoms with Crippen LogP contribution in [0.3, 0.4) is 0 Å². The van der Waals surface area contributed by atoms with Crippen LogP contribution in [-0.4, -0.2) is 52.9 Å². The number of likely N-dealkylation sites (N-methyl/N-ethyl adjacent to an activating group) is 2. The topological polar surface area (TPSA) is 60.9 Å². The Labute approximate surface area is 153 Å². The van der Waals surface area contributed by atoms with Gasteiger partial charge in [-0.25, -0.2) is 0 Å². The minimum Gasteiger partial charge on any atom is -0.481 e. The van der Waals surface area contributed by atoms with E-state index < -0.39 is 18.3 Å². The second-order valence-electron chi connectivity index (χ2n) is 5.80. The van der Waals surface area contributed by atoms with E-state index in [9.17, 15) is 9.59 Å². The van der Waals surface area contributed by atoms with Gasteiger partial charge in [-0.15, -0.1) is 11.6 Å². The number of carbonyl (C=O) groups is 2. The largest absolute Gasteiger partial charge is 0.481 e. The molecule has 7 heteroatoms. The second-order valence-corrected chi connectivity index (χ2v) is 6.74. The van der Waals surface area contributed by atoms with E-state index in [2.05, 4.69) is 6.92 Å². The van der Waals surface area contributed by atoms with Crippen LogP contribution < -0.4 is 0 Å². The van der Waals surface area contributed by atoms with Crippen molar-refractivity contribution in [2.75, 3.05) is 20.6 Å². The molecule has 0 saturated carbocycles. The molecule has 0 aromatic heterocycles. The minimum absolute atomic E-state index is 0.154. The molecule has 1 N–H and O–H groups in total. The molecule has 134 valence electrons. The van der Waals surface area contributed by atoms with E-state index in [-0.39, 0.29) is 11.5 Å². The van der Waals surface area contributed by atoms with Crippen LogP contribution in [-0.2, 0) is 9.59 Å². The number of hydrogen-bond donors (Lipinski definition) is 1. The molecule has 0 aliphatic carbocycles. The number of halogens is 2. The van der Waals surface area contributed by atoms with Crippen molar-refractivity contribution in [3.05, 3.63) is 34.9 Å². The summed E-state index contributed by atoms with van der Waals surface area (Å²) >= 11 is 12.4. The fraction of sp³-hybridized carbons (Fsp3) is 0.529. The molecular formula is C17H24Cl2N2O3. The van der Waals surface area contributed by atoms with Crippen molar-refractivity contribution < 1.29 is 14.7 Å². The van der Waals surface area contributed by atoms with Gasteiger partial charge in [0.05, 0.1) is 11.5 Å². The maximum Gasteiger partial charge on any atom is 0.312 e. The number of amides is 1. The third-order valence-electron chi connectivity index (χ3n) is 3.89. The van der Waals surface area contributed by atoms with E-state index >= 15 is 0 Å². The third-order valence-corrected chi connectivity index (χ3v) is 4.67. The van der Waals surface area contributed by atoms with Crippen molar-refractivity contribution in [3.8, 4) is 0 Å². The normalized spacial score (nSPS) is 13.6. The molecule has 5 nitrogen and oxygen atoms in total. The highest BCUT2D eigenvalue weighted by molar-refractivity contribution is 6.30. The third kappa shape index (κ3) is 6.30. The average Bonchev–Trinajstić information content (AvgIpc) is 2.52. The lowest BCUT2D eigenvalue weighted by atomic mass is 10.0. The number of aliphatic carboxylic acids is 1. The molecule has 1 aromatic rings. The van der Waals surface area contributed by atoms with Gasteiger partial charge in [0, 0.05) is 18.6 Å². The first-order valence-corrected chi connectivity index (χ1v) is 8.64. The molecule has 2 unspecified atom stereocenters. The van der Waals surface area contributed by atoms with Gasteiger partial charge in [0.2, 0.25) is 5.91 Å². The Morgan fingerprint density at radius 2 is 1.79 bits per heavy atom. The van der Waals surface area contributed by atoms with Crippen molar-refractivity contribution in [2.24, 2.45) is 0 Å². The molecular weight excluding hydrogens is 351 g/mol. The molecule has 1 aromatic carbocycles. The number of carboxylic acids is 1. The fourth-order valence-electron chi connectivity index (χ4n) is 2.42. The molecule has 0 radical (unpaired) electrons. The number of hydrogen-bond acceptors (Lipinski definition) is 3. The van der Waals surface area contributed by atoms with Crippen LogP contribution in [0.1, 0.15) is 37.8 Å². The highest BCUT2D eigenvalue weighted by Crippen LogP contribution is 2.27. The number of nitrogens with zero attached hydrogens (tertiary/aromatic N) is 2. The van der Waals surface area contributed by atoms with Crippen LogP contribution in [0, 0.1) is 0 Å². The Hall–Kier alpha value is -1.30. The zero-order chi connectivity index (χ0) is 18.3. The number of carboxylic acid groups (broad SMARTS) is 1. The van der Waals surface area contributed by atoms with E-state index in [0.717, 1.165) is 18.4 Å². The van der Waals surface area contributed by atoms with Crippen LogP contribution in [0.15, 0.2) is 24.3 Å². The summed E-state index contributed by atoms with van der Waals surface area (Å²) in [6, 6.07) is 7.22. The number of rotatable bonds is 9. The van der Waals surface area contributed by atoms with Gasteiger partial charge < -0.3 is 10.0 Å². The maximum absolute atomic E-state index is 12.0. The molecule has 2 atom stereocenters. The summed E-state index contributed by atoms with van der Waals surface area (Å²) in [6.45, 7) is 2.40. The van der Waals surface area contributed by atoms with E-state index in [0.29, 0.717) is 11.6 Å². The second kappa shape index (κ2) is 9.87. The Morgan fingerprint density at radius 1 is 1.21 bits per heavy atom. The van der Waals surface area contributed by atoms with Crippen LogP contribution in [0.5, 0.6) is 0 Å². The predicted molar refractivity (Wildman–Crippen MR) is 96.4 cm³/mol. The zero-order valence-electron chi connectivity index (χ0n) is 14.2. The van der Waals surface area contributed by atoms with Crippen LogP contribution in [0.25, 0.3) is 0 Å². The van der Waals surface area contributed by atoms with E-state index in [1.165, 1.54) is 4.90 Å². The smallest absolute Gasteiger partial charge is 0.312 e. The molecule has 24 heavy (non-hydrogen) atoms. The van der Waals surface area contributed by atoms with E-state index in [1.54, 1.807) is 19.2 Å². The molecule has 0 fully saturated rings. The highest BCUT2D eigenvalue weighted by Gasteiger charge is 2.26. The summed E-state index contributed by atoms with van der Waals surface area (Å²) in [5.74, 6) is -1.57. The summed E-state index contributed by atoms with van der Waals surface area (Å²) in [7, 11) is 3.51. The lowest BCUT2D eigenvalue weighted by Gasteiger charge is -2.34. The first-order chi connectivity index (χ1) is 11.3. The van der Waals surface area contributed by atoms with Crippen molar-refractivity contribution in [1.82, 2.24) is 9.80 Å². The number of benzene rings is 1. The molecule has 1 rings (SSSR count). The van der Waals surface area contributed by atoms with Crippen molar-refractivity contribution >= 4 is 35.1 Å². The Kier molecular flexibility index (Phi) is 8.53. The molecule has 0 aliphatic rings. The summed E-state index contributed by atoms with van der Waals surface area (Å²) in [4.78, 5) is 26.1. The predicted octanol–water partition coefficient (Wildman–Crippen LogP) is 3.61. The Bertz CT molecular complexity index is 551. The fourth-order valence-corrected chi connectivity index (χ4v) is 2.90.